The van der Waals surface area contributed by atoms with Gasteiger partial charge in [-0.1, -0.05) is 0 Å². The number of nitrogens with zero attached hydrogens (tertiary/aromatic N) is 2. The summed E-state index contributed by atoms with van der Waals surface area (Å²) in [5.74, 6) is 1.91. The van der Waals surface area contributed by atoms with Crippen LogP contribution >= 0.6 is 0 Å². The number of carbonyl (C=O) groups excluding carboxylic acids is 1. The highest BCUT2D eigenvalue weighted by molar-refractivity contribution is 5.52. The summed E-state index contributed by atoms with van der Waals surface area (Å²) in [4.78, 5) is 12.2. The van der Waals surface area contributed by atoms with Crippen molar-refractivity contribution >= 4 is 5.94 Å². The fourth-order valence-electron chi connectivity index (χ4n) is 1.28. The average molecular weight is 150 g/mol. The topological polar surface area (TPSA) is 44.1 Å². The van der Waals surface area contributed by atoms with Gasteiger partial charge in [0, 0.05) is 13.1 Å². The minimum Gasteiger partial charge on any atom is -0.365 e. The van der Waals surface area contributed by atoms with E-state index in [2.05, 4.69) is 6.07 Å². The number of rotatable bonds is 2. The molecule has 1 saturated heterocycles. The molecule has 0 aliphatic carbocycles. The number of allylic oxidation sites excluding steroid dienone is 1. The molecule has 1 aliphatic rings. The van der Waals surface area contributed by atoms with Crippen molar-refractivity contribution in [3.63, 3.8) is 0 Å². The SMILES string of the molecule is N#CCCN1CCCC1=C=O. The second kappa shape index (κ2) is 3.80. The predicted molar refractivity (Wildman–Crippen MR) is 40.2 cm³/mol. The molecule has 0 aromatic carbocycles. The Kier molecular flexibility index (Phi) is 2.71. The van der Waals surface area contributed by atoms with E-state index in [4.69, 9.17) is 5.26 Å². The summed E-state index contributed by atoms with van der Waals surface area (Å²) in [5, 5.41) is 8.30. The highest BCUT2D eigenvalue weighted by atomic mass is 16.1. The van der Waals surface area contributed by atoms with E-state index in [9.17, 15) is 4.79 Å². The fraction of sp³-hybridized carbons (Fsp3) is 0.625. The van der Waals surface area contributed by atoms with Gasteiger partial charge in [0.25, 0.3) is 0 Å². The Morgan fingerprint density at radius 3 is 3.09 bits per heavy atom. The summed E-state index contributed by atoms with van der Waals surface area (Å²) in [6.07, 6.45) is 2.34. The number of hydrogen-bond donors (Lipinski definition) is 0. The largest absolute Gasteiger partial charge is 0.365 e. The van der Waals surface area contributed by atoms with Crippen LogP contribution in [0, 0.1) is 11.3 Å². The maximum Gasteiger partial charge on any atom is 0.145 e. The van der Waals surface area contributed by atoms with E-state index in [1.165, 1.54) is 0 Å². The van der Waals surface area contributed by atoms with Crippen LogP contribution in [0.25, 0.3) is 0 Å². The summed E-state index contributed by atoms with van der Waals surface area (Å²) in [5.41, 5.74) is 0.736. The van der Waals surface area contributed by atoms with Gasteiger partial charge in [0.1, 0.15) is 5.94 Å². The van der Waals surface area contributed by atoms with Gasteiger partial charge in [0.05, 0.1) is 18.2 Å². The molecule has 0 N–H and O–H groups in total. The van der Waals surface area contributed by atoms with Gasteiger partial charge in [-0.2, -0.15) is 5.26 Å². The van der Waals surface area contributed by atoms with E-state index in [1.807, 2.05) is 10.8 Å². The zero-order valence-electron chi connectivity index (χ0n) is 6.34. The maximum atomic E-state index is 10.3. The number of hydrogen-bond acceptors (Lipinski definition) is 3. The number of likely N-dealkylation sites (tertiary alicyclic amines) is 1. The third kappa shape index (κ3) is 1.83. The van der Waals surface area contributed by atoms with Gasteiger partial charge in [-0.05, 0) is 12.8 Å². The quantitative estimate of drug-likeness (QED) is 0.544. The minimum atomic E-state index is 0.491. The van der Waals surface area contributed by atoms with Gasteiger partial charge in [-0.3, -0.25) is 0 Å². The molecular weight excluding hydrogens is 140 g/mol. The monoisotopic (exact) mass is 150 g/mol. The van der Waals surface area contributed by atoms with Crippen LogP contribution in [-0.4, -0.2) is 23.9 Å². The van der Waals surface area contributed by atoms with Crippen LogP contribution in [0.5, 0.6) is 0 Å². The molecule has 3 nitrogen and oxygen atoms in total. The molecule has 1 rings (SSSR count). The standard InChI is InChI=1S/C8H10N2O/c9-4-2-6-10-5-1-3-8(10)7-11/h1-3,5-6H2. The Labute approximate surface area is 65.9 Å². The zero-order valence-corrected chi connectivity index (χ0v) is 6.34. The lowest BCUT2D eigenvalue weighted by molar-refractivity contribution is 0.402. The second-order valence-electron chi connectivity index (χ2n) is 2.55. The lowest BCUT2D eigenvalue weighted by Gasteiger charge is -2.14. The van der Waals surface area contributed by atoms with Crippen LogP contribution in [0.4, 0.5) is 0 Å². The van der Waals surface area contributed by atoms with E-state index < -0.39 is 0 Å². The van der Waals surface area contributed by atoms with Crippen molar-refractivity contribution in [1.82, 2.24) is 4.90 Å². The lowest BCUT2D eigenvalue weighted by Crippen LogP contribution is -2.18. The third-order valence-electron chi connectivity index (χ3n) is 1.83. The third-order valence-corrected chi connectivity index (χ3v) is 1.83. The molecule has 1 aliphatic heterocycles. The van der Waals surface area contributed by atoms with Crippen molar-refractivity contribution < 1.29 is 4.79 Å². The van der Waals surface area contributed by atoms with Crippen LogP contribution in [0.1, 0.15) is 19.3 Å². The Morgan fingerprint density at radius 2 is 2.45 bits per heavy atom. The van der Waals surface area contributed by atoms with Gasteiger partial charge in [0.2, 0.25) is 0 Å². The Morgan fingerprint density at radius 1 is 1.64 bits per heavy atom. The molecule has 0 saturated carbocycles. The molecule has 1 heterocycles. The smallest absolute Gasteiger partial charge is 0.145 e. The van der Waals surface area contributed by atoms with Crippen LogP contribution in [0.3, 0.4) is 0 Å². The summed E-state index contributed by atoms with van der Waals surface area (Å²) in [6, 6.07) is 2.05. The molecule has 0 unspecified atom stereocenters. The van der Waals surface area contributed by atoms with Gasteiger partial charge in [-0.25, -0.2) is 4.79 Å². The average Bonchev–Trinajstić information content (AvgIpc) is 2.47. The summed E-state index contributed by atoms with van der Waals surface area (Å²) in [7, 11) is 0. The van der Waals surface area contributed by atoms with Crippen molar-refractivity contribution in [2.45, 2.75) is 19.3 Å². The Balaban J connectivity index is 2.46. The minimum absolute atomic E-state index is 0.491. The van der Waals surface area contributed by atoms with E-state index in [-0.39, 0.29) is 0 Å². The van der Waals surface area contributed by atoms with Crippen molar-refractivity contribution in [2.24, 2.45) is 0 Å². The molecule has 0 aromatic rings. The molecule has 1 fully saturated rings. The highest BCUT2D eigenvalue weighted by Crippen LogP contribution is 2.17. The van der Waals surface area contributed by atoms with Crippen LogP contribution in [0.2, 0.25) is 0 Å². The molecule has 0 radical (unpaired) electrons. The van der Waals surface area contributed by atoms with Gasteiger partial charge >= 0.3 is 0 Å². The second-order valence-corrected chi connectivity index (χ2v) is 2.55. The van der Waals surface area contributed by atoms with Gasteiger partial charge in [0.15, 0.2) is 0 Å². The van der Waals surface area contributed by atoms with Crippen molar-refractivity contribution in [2.75, 3.05) is 13.1 Å². The van der Waals surface area contributed by atoms with E-state index in [1.54, 1.807) is 0 Å². The lowest BCUT2D eigenvalue weighted by atomic mass is 10.3. The maximum absolute atomic E-state index is 10.3. The Bertz CT molecular complexity index is 223. The normalized spacial score (nSPS) is 16.3. The molecule has 0 spiro atoms. The van der Waals surface area contributed by atoms with Gasteiger partial charge < -0.3 is 4.90 Å². The molecule has 0 aromatic heterocycles. The van der Waals surface area contributed by atoms with Gasteiger partial charge in [-0.15, -0.1) is 0 Å². The first-order valence-electron chi connectivity index (χ1n) is 3.74. The van der Waals surface area contributed by atoms with E-state index in [0.29, 0.717) is 13.0 Å². The first-order valence-corrected chi connectivity index (χ1v) is 3.74. The molecule has 58 valence electrons. The molecule has 0 atom stereocenters. The number of nitriles is 1. The van der Waals surface area contributed by atoms with Crippen molar-refractivity contribution in [1.29, 1.82) is 5.26 Å². The zero-order chi connectivity index (χ0) is 8.10. The molecule has 0 bridgehead atoms. The Hall–Kier alpha value is -1.26. The van der Waals surface area contributed by atoms with Crippen LogP contribution in [0.15, 0.2) is 5.70 Å². The first-order chi connectivity index (χ1) is 5.38. The van der Waals surface area contributed by atoms with Crippen molar-refractivity contribution in [3.05, 3.63) is 5.70 Å². The molecule has 3 heteroatoms. The van der Waals surface area contributed by atoms with E-state index in [0.717, 1.165) is 25.1 Å². The first kappa shape index (κ1) is 7.84. The fourth-order valence-corrected chi connectivity index (χ4v) is 1.28. The van der Waals surface area contributed by atoms with E-state index >= 15 is 0 Å². The predicted octanol–water partition coefficient (Wildman–Crippen LogP) is 0.711. The van der Waals surface area contributed by atoms with Crippen molar-refractivity contribution in [3.8, 4) is 6.07 Å². The highest BCUT2D eigenvalue weighted by Gasteiger charge is 2.16. The summed E-state index contributed by atoms with van der Waals surface area (Å²) >= 11 is 0. The van der Waals surface area contributed by atoms with Crippen LogP contribution < -0.4 is 0 Å². The molecule has 0 amide bonds. The summed E-state index contributed by atoms with van der Waals surface area (Å²) in [6.45, 7) is 1.59. The molecular formula is C8H10N2O. The summed E-state index contributed by atoms with van der Waals surface area (Å²) < 4.78 is 0. The van der Waals surface area contributed by atoms with Crippen LogP contribution in [-0.2, 0) is 4.79 Å². The molecule has 11 heavy (non-hydrogen) atoms.